The lowest BCUT2D eigenvalue weighted by Gasteiger charge is -2.23. The lowest BCUT2D eigenvalue weighted by atomic mass is 10.1. The van der Waals surface area contributed by atoms with Crippen LogP contribution in [0.2, 0.25) is 0 Å². The zero-order valence-corrected chi connectivity index (χ0v) is 12.9. The molecule has 1 rings (SSSR count). The summed E-state index contributed by atoms with van der Waals surface area (Å²) in [4.78, 5) is 0. The Hall–Kier alpha value is -1.03. The lowest BCUT2D eigenvalue weighted by molar-refractivity contribution is 0.561. The molecule has 0 heterocycles. The van der Waals surface area contributed by atoms with Crippen LogP contribution < -0.4 is 4.31 Å². The number of sulfonamides is 1. The van der Waals surface area contributed by atoms with Crippen LogP contribution in [0.4, 0.5) is 5.69 Å². The highest BCUT2D eigenvalue weighted by Crippen LogP contribution is 2.21. The Kier molecular flexibility index (Phi) is 5.70. The molecule has 0 saturated heterocycles. The zero-order valence-electron chi connectivity index (χ0n) is 13.1. The Labute approximate surface area is 119 Å². The first-order chi connectivity index (χ1) is 9.33. The lowest BCUT2D eigenvalue weighted by Crippen LogP contribution is -2.34. The van der Waals surface area contributed by atoms with Gasteiger partial charge in [0.15, 0.2) is 0 Å². The van der Waals surface area contributed by atoms with Gasteiger partial charge in [-0.2, -0.15) is 0 Å². The Balaban J connectivity index is 2.80. The van der Waals surface area contributed by atoms with E-state index in [1.54, 1.807) is 24.3 Å². The summed E-state index contributed by atoms with van der Waals surface area (Å²) in [5.74, 6) is 0. The summed E-state index contributed by atoms with van der Waals surface area (Å²) in [5.41, 5.74) is 0.597. The normalized spacial score (nSPS) is 15.6. The summed E-state index contributed by atoms with van der Waals surface area (Å²) in [6.45, 7) is 3.60. The van der Waals surface area contributed by atoms with E-state index in [4.69, 9.17) is 1.37 Å². The van der Waals surface area contributed by atoms with E-state index in [9.17, 15) is 8.42 Å². The maximum atomic E-state index is 12.6. The van der Waals surface area contributed by atoms with Crippen LogP contribution in [0.5, 0.6) is 0 Å². The van der Waals surface area contributed by atoms with Crippen molar-refractivity contribution >= 4 is 15.7 Å². The molecule has 1 atom stereocenters. The Morgan fingerprint density at radius 1 is 1.21 bits per heavy atom. The van der Waals surface area contributed by atoms with Crippen molar-refractivity contribution in [2.75, 3.05) is 11.4 Å². The molecule has 0 saturated carbocycles. The van der Waals surface area contributed by atoms with Gasteiger partial charge < -0.3 is 0 Å². The van der Waals surface area contributed by atoms with Gasteiger partial charge in [-0.25, -0.2) is 8.42 Å². The highest BCUT2D eigenvalue weighted by Gasteiger charge is 2.25. The smallest absolute Gasteiger partial charge is 0.237 e. The third kappa shape index (κ3) is 4.53. The van der Waals surface area contributed by atoms with Crippen LogP contribution in [-0.2, 0) is 10.0 Å². The number of nitrogens with zero attached hydrogens (tertiary/aromatic N) is 1. The van der Waals surface area contributed by atoms with Gasteiger partial charge in [0.1, 0.15) is 0 Å². The van der Waals surface area contributed by atoms with Crippen molar-refractivity contribution in [1.82, 2.24) is 0 Å². The van der Waals surface area contributed by atoms with Gasteiger partial charge in [0.25, 0.3) is 0 Å². The van der Waals surface area contributed by atoms with Crippen LogP contribution in [-0.4, -0.2) is 20.7 Å². The standard InChI is InChI=1S/C15H25NO2S/c1-4-5-6-8-11-14(2)19(17,18)16(3)15-12-9-7-10-13-15/h7,9-10,12-14H,4-6,8,11H2,1-3H3/t14-/m1/s1/i14D. The van der Waals surface area contributed by atoms with E-state index >= 15 is 0 Å². The minimum atomic E-state index is -3.68. The number of hydrogen-bond donors (Lipinski definition) is 0. The van der Waals surface area contributed by atoms with Crippen molar-refractivity contribution in [1.29, 1.82) is 0 Å². The van der Waals surface area contributed by atoms with Gasteiger partial charge in [-0.05, 0) is 25.5 Å². The minimum absolute atomic E-state index is 0.368. The Morgan fingerprint density at radius 2 is 1.84 bits per heavy atom. The van der Waals surface area contributed by atoms with Crippen molar-refractivity contribution < 1.29 is 9.79 Å². The number of para-hydroxylation sites is 1. The van der Waals surface area contributed by atoms with Gasteiger partial charge in [0, 0.05) is 8.42 Å². The molecule has 1 aromatic rings. The Morgan fingerprint density at radius 3 is 2.42 bits per heavy atom. The fourth-order valence-electron chi connectivity index (χ4n) is 1.94. The van der Waals surface area contributed by atoms with Gasteiger partial charge in [-0.1, -0.05) is 50.8 Å². The molecule has 4 heteroatoms. The third-order valence-corrected chi connectivity index (χ3v) is 5.32. The van der Waals surface area contributed by atoms with E-state index in [1.165, 1.54) is 18.3 Å². The van der Waals surface area contributed by atoms with E-state index < -0.39 is 15.2 Å². The van der Waals surface area contributed by atoms with E-state index in [2.05, 4.69) is 6.92 Å². The number of anilines is 1. The van der Waals surface area contributed by atoms with Crippen molar-refractivity contribution in [3.05, 3.63) is 30.3 Å². The molecule has 0 bridgehead atoms. The summed E-state index contributed by atoms with van der Waals surface area (Å²) in [5, 5.41) is -1.48. The van der Waals surface area contributed by atoms with Crippen molar-refractivity contribution in [2.24, 2.45) is 0 Å². The van der Waals surface area contributed by atoms with Crippen molar-refractivity contribution in [3.8, 4) is 0 Å². The summed E-state index contributed by atoms with van der Waals surface area (Å²) < 4.78 is 34.5. The van der Waals surface area contributed by atoms with Crippen LogP contribution in [0.3, 0.4) is 0 Å². The van der Waals surface area contributed by atoms with Crippen molar-refractivity contribution in [3.63, 3.8) is 0 Å². The monoisotopic (exact) mass is 284 g/mol. The van der Waals surface area contributed by atoms with Gasteiger partial charge in [-0.15, -0.1) is 0 Å². The molecule has 0 aliphatic carbocycles. The van der Waals surface area contributed by atoms with Gasteiger partial charge in [0.05, 0.1) is 10.9 Å². The maximum Gasteiger partial charge on any atom is 0.237 e. The molecule has 0 fully saturated rings. The summed E-state index contributed by atoms with van der Waals surface area (Å²) in [7, 11) is -2.16. The quantitative estimate of drug-likeness (QED) is 0.681. The van der Waals surface area contributed by atoms with Crippen LogP contribution in [0.15, 0.2) is 30.3 Å². The predicted molar refractivity (Wildman–Crippen MR) is 82.0 cm³/mol. The fraction of sp³-hybridized carbons (Fsp3) is 0.600. The molecule has 0 N–H and O–H groups in total. The topological polar surface area (TPSA) is 37.4 Å². The van der Waals surface area contributed by atoms with Gasteiger partial charge in [-0.3, -0.25) is 4.31 Å². The average Bonchev–Trinajstić information content (AvgIpc) is 2.43. The first-order valence-electron chi connectivity index (χ1n) is 7.36. The largest absolute Gasteiger partial charge is 0.273 e. The second-order valence-corrected chi connectivity index (χ2v) is 7.02. The highest BCUT2D eigenvalue weighted by molar-refractivity contribution is 7.93. The maximum absolute atomic E-state index is 12.6. The molecule has 0 radical (unpaired) electrons. The predicted octanol–water partition coefficient (Wildman–Crippen LogP) is 3.81. The molecular weight excluding hydrogens is 258 g/mol. The molecule has 0 unspecified atom stereocenters. The highest BCUT2D eigenvalue weighted by atomic mass is 32.2. The molecule has 108 valence electrons. The molecule has 0 amide bonds. The summed E-state index contributed by atoms with van der Waals surface area (Å²) in [6, 6.07) is 8.91. The molecule has 0 aliphatic rings. The SMILES string of the molecule is [2H][C@@](C)(CCCCCC)S(=O)(=O)N(C)c1ccccc1. The van der Waals surface area contributed by atoms with E-state index in [0.29, 0.717) is 12.1 Å². The second-order valence-electron chi connectivity index (χ2n) is 4.82. The average molecular weight is 284 g/mol. The molecular formula is C15H25NO2S. The van der Waals surface area contributed by atoms with Crippen LogP contribution >= 0.6 is 0 Å². The number of hydrogen-bond acceptors (Lipinski definition) is 2. The summed E-state index contributed by atoms with van der Waals surface area (Å²) >= 11 is 0. The molecule has 0 spiro atoms. The van der Waals surface area contributed by atoms with Gasteiger partial charge in [0.2, 0.25) is 10.0 Å². The molecule has 0 aromatic heterocycles. The number of rotatable bonds is 8. The van der Waals surface area contributed by atoms with Gasteiger partial charge >= 0.3 is 0 Å². The van der Waals surface area contributed by atoms with Crippen molar-refractivity contribution in [2.45, 2.75) is 51.2 Å². The molecule has 0 aliphatic heterocycles. The molecule has 19 heavy (non-hydrogen) atoms. The van der Waals surface area contributed by atoms with Crippen LogP contribution in [0, 0.1) is 0 Å². The first kappa shape index (κ1) is 14.4. The first-order valence-corrected chi connectivity index (χ1v) is 8.30. The number of unbranched alkanes of at least 4 members (excludes halogenated alkanes) is 3. The van der Waals surface area contributed by atoms with E-state index in [1.807, 2.05) is 6.07 Å². The van der Waals surface area contributed by atoms with Crippen LogP contribution in [0.1, 0.15) is 47.3 Å². The minimum Gasteiger partial charge on any atom is -0.273 e. The third-order valence-electron chi connectivity index (χ3n) is 3.30. The fourth-order valence-corrected chi connectivity index (χ4v) is 3.21. The Bertz CT molecular complexity index is 500. The zero-order chi connectivity index (χ0) is 15.2. The second kappa shape index (κ2) is 7.53. The summed E-state index contributed by atoms with van der Waals surface area (Å²) in [6.07, 6.45) is 4.31. The van der Waals surface area contributed by atoms with Crippen LogP contribution in [0.25, 0.3) is 0 Å². The molecule has 1 aromatic carbocycles. The van der Waals surface area contributed by atoms with E-state index in [0.717, 1.165) is 25.7 Å². The molecule has 3 nitrogen and oxygen atoms in total. The number of benzene rings is 1. The van der Waals surface area contributed by atoms with E-state index in [-0.39, 0.29) is 0 Å².